The average Bonchev–Trinajstić information content (AvgIpc) is 3.25. The zero-order chi connectivity index (χ0) is 17.8. The van der Waals surface area contributed by atoms with Crippen LogP contribution in [0.15, 0.2) is 6.07 Å². The Morgan fingerprint density at radius 2 is 2.04 bits per heavy atom. The van der Waals surface area contributed by atoms with Crippen LogP contribution in [-0.4, -0.2) is 42.4 Å². The number of fused-ring (bicyclic) bond motifs is 2. The number of aromatic nitrogens is 2. The molecule has 1 saturated heterocycles. The van der Waals surface area contributed by atoms with E-state index in [0.717, 1.165) is 43.6 Å². The van der Waals surface area contributed by atoms with E-state index in [4.69, 9.17) is 0 Å². The molecule has 2 bridgehead atoms. The number of sulfonamides is 1. The first-order chi connectivity index (χ1) is 11.8. The molecule has 8 heteroatoms. The Kier molecular flexibility index (Phi) is 3.95. The van der Waals surface area contributed by atoms with E-state index in [1.807, 2.05) is 13.0 Å². The van der Waals surface area contributed by atoms with Gasteiger partial charge in [0.2, 0.25) is 15.9 Å². The van der Waals surface area contributed by atoms with Crippen molar-refractivity contribution in [1.82, 2.24) is 14.5 Å². The molecule has 2 aliphatic carbocycles. The van der Waals surface area contributed by atoms with Crippen LogP contribution in [-0.2, 0) is 21.9 Å². The van der Waals surface area contributed by atoms with Gasteiger partial charge in [0, 0.05) is 19.7 Å². The fourth-order valence-electron chi connectivity index (χ4n) is 5.04. The molecule has 0 radical (unpaired) electrons. The molecule has 1 amide bonds. The van der Waals surface area contributed by atoms with Crippen LogP contribution < -0.4 is 9.62 Å². The number of rotatable bonds is 5. The third-order valence-electron chi connectivity index (χ3n) is 6.16. The molecule has 0 aromatic carbocycles. The monoisotopic (exact) mass is 366 g/mol. The third kappa shape index (κ3) is 3.10. The van der Waals surface area contributed by atoms with Gasteiger partial charge < -0.3 is 0 Å². The maximum Gasteiger partial charge on any atom is 0.246 e. The number of carbonyl (C=O) groups excluding carboxylic acids is 1. The molecule has 1 aliphatic heterocycles. The van der Waals surface area contributed by atoms with Crippen LogP contribution in [0.5, 0.6) is 0 Å². The first kappa shape index (κ1) is 17.0. The summed E-state index contributed by atoms with van der Waals surface area (Å²) in [5.41, 5.74) is 0.794. The van der Waals surface area contributed by atoms with Gasteiger partial charge in [-0.05, 0) is 56.8 Å². The highest BCUT2D eigenvalue weighted by atomic mass is 32.2. The van der Waals surface area contributed by atoms with Crippen LogP contribution >= 0.6 is 0 Å². The lowest BCUT2D eigenvalue weighted by molar-refractivity contribution is -0.118. The Balaban J connectivity index is 1.44. The summed E-state index contributed by atoms with van der Waals surface area (Å²) < 4.78 is 29.7. The van der Waals surface area contributed by atoms with E-state index in [9.17, 15) is 13.2 Å². The quantitative estimate of drug-likeness (QED) is 0.852. The SMILES string of the molecule is Cc1cc(N2CCC(NS(=O)(=O)CC34CCC(CC3)C4)C2=O)n(C)n1. The first-order valence-corrected chi connectivity index (χ1v) is 10.7. The van der Waals surface area contributed by atoms with Gasteiger partial charge >= 0.3 is 0 Å². The lowest BCUT2D eigenvalue weighted by Gasteiger charge is -2.26. The molecule has 1 atom stereocenters. The molecule has 1 N–H and O–H groups in total. The number of nitrogens with zero attached hydrogens (tertiary/aromatic N) is 3. The summed E-state index contributed by atoms with van der Waals surface area (Å²) in [6.45, 7) is 2.39. The van der Waals surface area contributed by atoms with E-state index in [2.05, 4.69) is 9.82 Å². The maximum absolute atomic E-state index is 12.7. The minimum Gasteiger partial charge on any atom is -0.296 e. The summed E-state index contributed by atoms with van der Waals surface area (Å²) in [6.07, 6.45) is 5.87. The molecule has 2 saturated carbocycles. The van der Waals surface area contributed by atoms with Gasteiger partial charge in [0.1, 0.15) is 11.9 Å². The highest BCUT2D eigenvalue weighted by molar-refractivity contribution is 7.89. The van der Waals surface area contributed by atoms with E-state index < -0.39 is 16.1 Å². The third-order valence-corrected chi connectivity index (χ3v) is 7.80. The molecule has 1 unspecified atom stereocenters. The zero-order valence-corrected chi connectivity index (χ0v) is 15.7. The highest BCUT2D eigenvalue weighted by Gasteiger charge is 2.48. The molecule has 7 nitrogen and oxygen atoms in total. The summed E-state index contributed by atoms with van der Waals surface area (Å²) in [6, 6.07) is 1.19. The predicted molar refractivity (Wildman–Crippen MR) is 94.6 cm³/mol. The van der Waals surface area contributed by atoms with Crippen LogP contribution in [0.1, 0.15) is 44.2 Å². The van der Waals surface area contributed by atoms with E-state index in [-0.39, 0.29) is 17.1 Å². The van der Waals surface area contributed by atoms with Gasteiger partial charge in [-0.3, -0.25) is 14.4 Å². The summed E-state index contributed by atoms with van der Waals surface area (Å²) in [4.78, 5) is 14.3. The Hall–Kier alpha value is -1.41. The summed E-state index contributed by atoms with van der Waals surface area (Å²) >= 11 is 0. The van der Waals surface area contributed by atoms with E-state index in [1.165, 1.54) is 0 Å². The molecule has 1 aromatic heterocycles. The second-order valence-corrected chi connectivity index (χ2v) is 9.88. The Morgan fingerprint density at radius 1 is 1.32 bits per heavy atom. The van der Waals surface area contributed by atoms with Crippen molar-refractivity contribution in [2.45, 2.75) is 51.5 Å². The van der Waals surface area contributed by atoms with Crippen LogP contribution in [0, 0.1) is 18.3 Å². The number of hydrogen-bond acceptors (Lipinski definition) is 4. The normalized spacial score (nSPS) is 32.1. The molecular formula is C17H26N4O3S. The van der Waals surface area contributed by atoms with Crippen molar-refractivity contribution >= 4 is 21.7 Å². The Bertz CT molecular complexity index is 793. The van der Waals surface area contributed by atoms with Gasteiger partial charge in [0.05, 0.1) is 11.4 Å². The van der Waals surface area contributed by atoms with Crippen molar-refractivity contribution in [2.24, 2.45) is 18.4 Å². The van der Waals surface area contributed by atoms with Gasteiger partial charge in [-0.2, -0.15) is 5.10 Å². The second kappa shape index (κ2) is 5.81. The molecule has 25 heavy (non-hydrogen) atoms. The van der Waals surface area contributed by atoms with Gasteiger partial charge in [-0.1, -0.05) is 0 Å². The zero-order valence-electron chi connectivity index (χ0n) is 14.9. The number of nitrogens with one attached hydrogen (secondary N) is 1. The molecule has 138 valence electrons. The van der Waals surface area contributed by atoms with E-state index >= 15 is 0 Å². The van der Waals surface area contributed by atoms with Crippen molar-refractivity contribution in [3.8, 4) is 0 Å². The number of carbonyl (C=O) groups is 1. The van der Waals surface area contributed by atoms with Crippen molar-refractivity contribution < 1.29 is 13.2 Å². The fourth-order valence-corrected chi connectivity index (χ4v) is 6.99. The van der Waals surface area contributed by atoms with Crippen LogP contribution in [0.4, 0.5) is 5.82 Å². The van der Waals surface area contributed by atoms with Crippen molar-refractivity contribution in [1.29, 1.82) is 0 Å². The molecule has 4 rings (SSSR count). The van der Waals surface area contributed by atoms with Crippen LogP contribution in [0.2, 0.25) is 0 Å². The smallest absolute Gasteiger partial charge is 0.246 e. The standard InChI is InChI=1S/C17H26N4O3S/c1-12-9-15(20(2)18-12)21-8-5-14(16(21)22)19-25(23,24)11-17-6-3-13(10-17)4-7-17/h9,13-14,19H,3-8,10-11H2,1-2H3. The Labute approximate surface area is 148 Å². The lowest BCUT2D eigenvalue weighted by atomic mass is 9.87. The van der Waals surface area contributed by atoms with Crippen molar-refractivity contribution in [3.63, 3.8) is 0 Å². The van der Waals surface area contributed by atoms with Crippen LogP contribution in [0.3, 0.4) is 0 Å². The minimum absolute atomic E-state index is 0.0447. The largest absolute Gasteiger partial charge is 0.296 e. The van der Waals surface area contributed by atoms with Crippen molar-refractivity contribution in [2.75, 3.05) is 17.2 Å². The summed E-state index contributed by atoms with van der Waals surface area (Å²) in [7, 11) is -1.66. The maximum atomic E-state index is 12.7. The average molecular weight is 366 g/mol. The molecule has 3 aliphatic rings. The molecule has 3 fully saturated rings. The molecule has 0 spiro atoms. The number of anilines is 1. The van der Waals surface area contributed by atoms with Gasteiger partial charge in [0.15, 0.2) is 0 Å². The second-order valence-electron chi connectivity index (χ2n) is 8.12. The molecular weight excluding hydrogens is 340 g/mol. The summed E-state index contributed by atoms with van der Waals surface area (Å²) in [5, 5.41) is 4.27. The van der Waals surface area contributed by atoms with Gasteiger partial charge in [-0.15, -0.1) is 0 Å². The topological polar surface area (TPSA) is 84.3 Å². The van der Waals surface area contributed by atoms with E-state index in [1.54, 1.807) is 16.6 Å². The Morgan fingerprint density at radius 3 is 2.60 bits per heavy atom. The molecule has 1 aromatic rings. The van der Waals surface area contributed by atoms with Crippen molar-refractivity contribution in [3.05, 3.63) is 11.8 Å². The van der Waals surface area contributed by atoms with Gasteiger partial charge in [-0.25, -0.2) is 13.1 Å². The highest BCUT2D eigenvalue weighted by Crippen LogP contribution is 2.54. The predicted octanol–water partition coefficient (Wildman–Crippen LogP) is 1.33. The number of amides is 1. The fraction of sp³-hybridized carbons (Fsp3) is 0.765. The lowest BCUT2D eigenvalue weighted by Crippen LogP contribution is -2.45. The minimum atomic E-state index is -3.46. The summed E-state index contributed by atoms with van der Waals surface area (Å²) in [5.74, 6) is 1.43. The number of aryl methyl sites for hydroxylation is 2. The van der Waals surface area contributed by atoms with Crippen LogP contribution in [0.25, 0.3) is 0 Å². The number of hydrogen-bond donors (Lipinski definition) is 1. The van der Waals surface area contributed by atoms with Gasteiger partial charge in [0.25, 0.3) is 0 Å². The molecule has 2 heterocycles. The first-order valence-electron chi connectivity index (χ1n) is 9.09. The van der Waals surface area contributed by atoms with E-state index in [0.29, 0.717) is 18.9 Å².